The maximum atomic E-state index is 12.0. The molecule has 4 rings (SSSR count). The molecule has 5 nitrogen and oxygen atoms in total. The molecule has 0 unspecified atom stereocenters. The van der Waals surface area contributed by atoms with Crippen molar-refractivity contribution in [3.63, 3.8) is 0 Å². The molecule has 5 heteroatoms. The number of hydrogen-bond acceptors (Lipinski definition) is 4. The molecule has 4 atom stereocenters. The lowest BCUT2D eigenvalue weighted by Crippen LogP contribution is -2.37. The normalized spacial score (nSPS) is 38.8. The van der Waals surface area contributed by atoms with E-state index in [1.165, 1.54) is 18.9 Å². The van der Waals surface area contributed by atoms with Gasteiger partial charge in [-0.25, -0.2) is 4.79 Å². The van der Waals surface area contributed by atoms with Gasteiger partial charge in [0.15, 0.2) is 5.76 Å². The third-order valence-corrected chi connectivity index (χ3v) is 4.53. The Bertz CT molecular complexity index is 577. The van der Waals surface area contributed by atoms with Crippen LogP contribution < -0.4 is 10.9 Å². The minimum atomic E-state index is -0.708. The van der Waals surface area contributed by atoms with Crippen LogP contribution in [0.3, 0.4) is 0 Å². The largest absolute Gasteiger partial charge is 0.508 e. The molecule has 94 valence electrons. The fourth-order valence-corrected chi connectivity index (χ4v) is 3.61. The molecule has 0 radical (unpaired) electrons. The average molecular weight is 247 g/mol. The zero-order valence-corrected chi connectivity index (χ0v) is 9.63. The zero-order chi connectivity index (χ0) is 12.4. The quantitative estimate of drug-likeness (QED) is 0.807. The smallest absolute Gasteiger partial charge is 0.340 e. The highest BCUT2D eigenvalue weighted by Crippen LogP contribution is 2.69. The van der Waals surface area contributed by atoms with Gasteiger partial charge < -0.3 is 14.8 Å². The number of nitrogens with one attached hydrogen (secondary N) is 1. The van der Waals surface area contributed by atoms with Gasteiger partial charge in [0, 0.05) is 12.1 Å². The molecule has 3 saturated carbocycles. The fraction of sp³-hybridized carbons (Fsp3) is 0.538. The number of carbonyl (C=O) groups is 1. The van der Waals surface area contributed by atoms with E-state index in [0.29, 0.717) is 11.8 Å². The summed E-state index contributed by atoms with van der Waals surface area (Å²) in [4.78, 5) is 23.1. The van der Waals surface area contributed by atoms with Crippen molar-refractivity contribution in [2.24, 2.45) is 23.7 Å². The summed E-state index contributed by atoms with van der Waals surface area (Å²) in [7, 11) is 0. The maximum Gasteiger partial charge on any atom is 0.340 e. The second-order valence-electron chi connectivity index (χ2n) is 5.62. The first kappa shape index (κ1) is 10.2. The summed E-state index contributed by atoms with van der Waals surface area (Å²) in [6.45, 7) is 0. The van der Waals surface area contributed by atoms with Crippen LogP contribution in [0.5, 0.6) is 5.75 Å². The standard InChI is InChI=1S/C13H13NO4/c15-5-1-10(18-11(16)2-5)13(17)14-12-8-3-6(8)7-4-9(7)12/h1-2,6-9,12,15H,3-4H2,(H,14,17)/t6-,7-,8-,9-/m1/s1. The summed E-state index contributed by atoms with van der Waals surface area (Å²) in [6, 6.07) is 2.36. The van der Waals surface area contributed by atoms with E-state index < -0.39 is 11.5 Å². The van der Waals surface area contributed by atoms with Crippen molar-refractivity contribution in [1.29, 1.82) is 0 Å². The van der Waals surface area contributed by atoms with Crippen LogP contribution in [-0.4, -0.2) is 17.1 Å². The number of rotatable bonds is 2. The number of hydrogen-bond donors (Lipinski definition) is 2. The lowest BCUT2D eigenvalue weighted by Gasteiger charge is -2.15. The van der Waals surface area contributed by atoms with Crippen molar-refractivity contribution < 1.29 is 14.3 Å². The van der Waals surface area contributed by atoms with Gasteiger partial charge in [-0.15, -0.1) is 0 Å². The molecule has 0 aliphatic heterocycles. The van der Waals surface area contributed by atoms with E-state index in [0.717, 1.165) is 17.9 Å². The molecular formula is C13H13NO4. The first-order chi connectivity index (χ1) is 8.63. The number of amides is 1. The number of fused-ring (bicyclic) bond motifs is 3. The lowest BCUT2D eigenvalue weighted by atomic mass is 10.1. The Balaban J connectivity index is 1.54. The van der Waals surface area contributed by atoms with Crippen LogP contribution in [0.15, 0.2) is 21.3 Å². The van der Waals surface area contributed by atoms with Crippen LogP contribution in [0.4, 0.5) is 0 Å². The Hall–Kier alpha value is -1.78. The first-order valence-corrected chi connectivity index (χ1v) is 6.28. The molecule has 1 heterocycles. The monoisotopic (exact) mass is 247 g/mol. The van der Waals surface area contributed by atoms with E-state index >= 15 is 0 Å². The second kappa shape index (κ2) is 3.16. The van der Waals surface area contributed by atoms with Crippen molar-refractivity contribution >= 4 is 5.91 Å². The third kappa shape index (κ3) is 1.39. The highest BCUT2D eigenvalue weighted by Gasteiger charge is 2.67. The van der Waals surface area contributed by atoms with Gasteiger partial charge in [0.1, 0.15) is 5.75 Å². The van der Waals surface area contributed by atoms with Gasteiger partial charge in [0.2, 0.25) is 0 Å². The van der Waals surface area contributed by atoms with E-state index in [-0.39, 0.29) is 17.6 Å². The molecule has 1 aromatic heterocycles. The molecule has 3 aliphatic carbocycles. The van der Waals surface area contributed by atoms with Gasteiger partial charge >= 0.3 is 5.63 Å². The van der Waals surface area contributed by atoms with E-state index in [2.05, 4.69) is 5.32 Å². The molecule has 1 amide bonds. The van der Waals surface area contributed by atoms with Gasteiger partial charge in [-0.3, -0.25) is 4.79 Å². The molecule has 3 aliphatic rings. The van der Waals surface area contributed by atoms with Crippen LogP contribution in [0.1, 0.15) is 23.4 Å². The van der Waals surface area contributed by atoms with Crippen LogP contribution in [0, 0.1) is 23.7 Å². The van der Waals surface area contributed by atoms with Crippen molar-refractivity contribution in [1.82, 2.24) is 5.32 Å². The van der Waals surface area contributed by atoms with E-state index in [1.54, 1.807) is 0 Å². The molecule has 18 heavy (non-hydrogen) atoms. The van der Waals surface area contributed by atoms with Crippen LogP contribution in [0.2, 0.25) is 0 Å². The summed E-state index contributed by atoms with van der Waals surface area (Å²) in [6.07, 6.45) is 2.44. The Morgan fingerprint density at radius 1 is 1.22 bits per heavy atom. The van der Waals surface area contributed by atoms with Gasteiger partial charge in [0.05, 0.1) is 6.07 Å². The van der Waals surface area contributed by atoms with Crippen LogP contribution in [0.25, 0.3) is 0 Å². The van der Waals surface area contributed by atoms with Crippen molar-refractivity contribution in [3.8, 4) is 5.75 Å². The lowest BCUT2D eigenvalue weighted by molar-refractivity contribution is 0.0895. The Morgan fingerprint density at radius 2 is 1.89 bits per heavy atom. The fourth-order valence-electron chi connectivity index (χ4n) is 3.61. The minimum Gasteiger partial charge on any atom is -0.508 e. The maximum absolute atomic E-state index is 12.0. The second-order valence-corrected chi connectivity index (χ2v) is 5.62. The summed E-state index contributed by atoms with van der Waals surface area (Å²) in [5.74, 6) is 2.14. The van der Waals surface area contributed by atoms with Gasteiger partial charge in [-0.1, -0.05) is 0 Å². The summed E-state index contributed by atoms with van der Waals surface area (Å²) < 4.78 is 4.80. The predicted molar refractivity (Wildman–Crippen MR) is 61.1 cm³/mol. The van der Waals surface area contributed by atoms with Crippen molar-refractivity contribution in [2.75, 3.05) is 0 Å². The Morgan fingerprint density at radius 3 is 2.50 bits per heavy atom. The molecule has 3 fully saturated rings. The topological polar surface area (TPSA) is 79.5 Å². The van der Waals surface area contributed by atoms with Gasteiger partial charge in [0.25, 0.3) is 5.91 Å². The average Bonchev–Trinajstić information content (AvgIpc) is 3.18. The molecule has 2 N–H and O–H groups in total. The molecular weight excluding hydrogens is 234 g/mol. The van der Waals surface area contributed by atoms with E-state index in [1.807, 2.05) is 0 Å². The summed E-state index contributed by atoms with van der Waals surface area (Å²) >= 11 is 0. The molecule has 0 aromatic carbocycles. The Kier molecular flexibility index (Phi) is 1.78. The van der Waals surface area contributed by atoms with E-state index in [9.17, 15) is 14.7 Å². The summed E-state index contributed by atoms with van der Waals surface area (Å²) in [5, 5.41) is 12.2. The zero-order valence-electron chi connectivity index (χ0n) is 9.63. The number of aromatic hydroxyl groups is 1. The Labute approximate surface area is 103 Å². The molecule has 0 spiro atoms. The van der Waals surface area contributed by atoms with Gasteiger partial charge in [-0.05, 0) is 36.5 Å². The van der Waals surface area contributed by atoms with Gasteiger partial charge in [-0.2, -0.15) is 0 Å². The SMILES string of the molecule is O=C(NC1[C@@H]2C[C@@H]2[C@H]2C[C@@H]12)c1cc(O)cc(=O)o1. The highest BCUT2D eigenvalue weighted by molar-refractivity contribution is 5.92. The third-order valence-electron chi connectivity index (χ3n) is 4.53. The van der Waals surface area contributed by atoms with Crippen molar-refractivity contribution in [3.05, 3.63) is 28.3 Å². The number of carbonyl (C=O) groups excluding carboxylic acids is 1. The first-order valence-electron chi connectivity index (χ1n) is 6.28. The summed E-state index contributed by atoms with van der Waals surface area (Å²) in [5.41, 5.74) is -0.708. The van der Waals surface area contributed by atoms with Crippen LogP contribution in [-0.2, 0) is 0 Å². The molecule has 1 aromatic rings. The molecule has 0 saturated heterocycles. The highest BCUT2D eigenvalue weighted by atomic mass is 16.4. The molecule has 0 bridgehead atoms. The van der Waals surface area contributed by atoms with Crippen LogP contribution >= 0.6 is 0 Å². The minimum absolute atomic E-state index is 0.110. The van der Waals surface area contributed by atoms with E-state index in [4.69, 9.17) is 4.42 Å². The van der Waals surface area contributed by atoms with Crippen molar-refractivity contribution in [2.45, 2.75) is 18.9 Å². The predicted octanol–water partition coefficient (Wildman–Crippen LogP) is 0.730.